The average molecular weight is 936 g/mol. The summed E-state index contributed by atoms with van der Waals surface area (Å²) >= 11 is 0. The minimum Gasteiger partial charge on any atom is -0.466 e. The van der Waals surface area contributed by atoms with Crippen LogP contribution in [-0.4, -0.2) is 101 Å². The van der Waals surface area contributed by atoms with Gasteiger partial charge in [-0.3, -0.25) is 14.4 Å². The summed E-state index contributed by atoms with van der Waals surface area (Å²) in [5.41, 5.74) is 0. The van der Waals surface area contributed by atoms with Gasteiger partial charge in [0, 0.05) is 44.9 Å². The van der Waals surface area contributed by atoms with Crippen molar-refractivity contribution in [1.29, 1.82) is 0 Å². The van der Waals surface area contributed by atoms with E-state index in [1.165, 1.54) is 51.4 Å². The van der Waals surface area contributed by atoms with E-state index in [9.17, 15) is 19.2 Å². The van der Waals surface area contributed by atoms with Crippen molar-refractivity contribution in [3.8, 4) is 0 Å². The number of carbonyl (C=O) groups excluding carboxylic acids is 4. The summed E-state index contributed by atoms with van der Waals surface area (Å²) in [6.45, 7) is 15.3. The zero-order chi connectivity index (χ0) is 48.1. The van der Waals surface area contributed by atoms with E-state index in [0.29, 0.717) is 45.0 Å². The van der Waals surface area contributed by atoms with Crippen LogP contribution in [-0.2, 0) is 47.5 Å². The maximum atomic E-state index is 13.0. The van der Waals surface area contributed by atoms with E-state index < -0.39 is 24.3 Å². The molecule has 0 aromatic rings. The lowest BCUT2D eigenvalue weighted by atomic mass is 9.92. The molecule has 3 unspecified atom stereocenters. The van der Waals surface area contributed by atoms with Crippen molar-refractivity contribution in [2.24, 2.45) is 17.8 Å². The van der Waals surface area contributed by atoms with Crippen LogP contribution in [0.5, 0.6) is 0 Å². The van der Waals surface area contributed by atoms with Crippen LogP contribution < -0.4 is 0 Å². The van der Waals surface area contributed by atoms with Crippen molar-refractivity contribution in [2.45, 2.75) is 214 Å². The molecule has 0 radical (unpaired) electrons. The van der Waals surface area contributed by atoms with Gasteiger partial charge in [0.1, 0.15) is 19.8 Å². The number of hydrogen-bond acceptors (Lipinski definition) is 12. The molecule has 1 aliphatic rings. The second-order valence-corrected chi connectivity index (χ2v) is 18.2. The van der Waals surface area contributed by atoms with Gasteiger partial charge in [0.15, 0.2) is 6.29 Å². The summed E-state index contributed by atoms with van der Waals surface area (Å²) in [6, 6.07) is 0. The largest absolute Gasteiger partial charge is 0.508 e. The molecular weight excluding hydrogens is 839 g/mol. The van der Waals surface area contributed by atoms with E-state index in [1.54, 1.807) is 0 Å². The minimum absolute atomic E-state index is 0.0763. The SMILES string of the molecule is CC/C=C\CCCCOC(CCC(=O)OCC(COC(=O)CCCCCCC(=O)OCCC(CCCC)CCCCCC)COC(=O)OCC1CCCN(CC)C1)OCCCC/C=C\CC. The van der Waals surface area contributed by atoms with E-state index in [1.807, 2.05) is 0 Å². The lowest BCUT2D eigenvalue weighted by molar-refractivity contribution is -0.161. The Morgan fingerprint density at radius 1 is 0.530 bits per heavy atom. The molecule has 0 N–H and O–H groups in total. The Balaban J connectivity index is 2.59. The van der Waals surface area contributed by atoms with Crippen molar-refractivity contribution in [1.82, 2.24) is 4.90 Å². The smallest absolute Gasteiger partial charge is 0.466 e. The summed E-state index contributed by atoms with van der Waals surface area (Å²) in [5, 5.41) is 0. The molecule has 1 rings (SSSR count). The Bertz CT molecular complexity index is 1220. The molecule has 0 spiro atoms. The van der Waals surface area contributed by atoms with Gasteiger partial charge >= 0.3 is 24.1 Å². The molecule has 0 aromatic carbocycles. The number of allylic oxidation sites excluding steroid dienone is 4. The molecule has 0 aromatic heterocycles. The average Bonchev–Trinajstić information content (AvgIpc) is 3.32. The first-order valence-corrected chi connectivity index (χ1v) is 26.8. The van der Waals surface area contributed by atoms with E-state index >= 15 is 0 Å². The van der Waals surface area contributed by atoms with Gasteiger partial charge in [0.25, 0.3) is 0 Å². The highest BCUT2D eigenvalue weighted by Crippen LogP contribution is 2.22. The number of rotatable bonds is 44. The van der Waals surface area contributed by atoms with Crippen molar-refractivity contribution < 1.29 is 52.3 Å². The van der Waals surface area contributed by atoms with Gasteiger partial charge < -0.3 is 38.1 Å². The van der Waals surface area contributed by atoms with E-state index in [4.69, 9.17) is 33.2 Å². The fourth-order valence-electron chi connectivity index (χ4n) is 7.97. The summed E-state index contributed by atoms with van der Waals surface area (Å²) in [6.07, 6.45) is 32.3. The number of esters is 3. The predicted octanol–water partition coefficient (Wildman–Crippen LogP) is 13.0. The Hall–Kier alpha value is -2.96. The Morgan fingerprint density at radius 3 is 1.71 bits per heavy atom. The number of carbonyl (C=O) groups is 4. The molecule has 0 amide bonds. The van der Waals surface area contributed by atoms with Crippen LogP contribution in [0, 0.1) is 17.8 Å². The second-order valence-electron chi connectivity index (χ2n) is 18.2. The first-order valence-electron chi connectivity index (χ1n) is 26.8. The molecule has 1 fully saturated rings. The lowest BCUT2D eigenvalue weighted by Gasteiger charge is -2.31. The number of ether oxygens (including phenoxy) is 7. The van der Waals surface area contributed by atoms with Crippen LogP contribution in [0.1, 0.15) is 208 Å². The molecule has 0 bridgehead atoms. The van der Waals surface area contributed by atoms with Crippen LogP contribution in [0.4, 0.5) is 4.79 Å². The van der Waals surface area contributed by atoms with Crippen LogP contribution in [0.3, 0.4) is 0 Å². The van der Waals surface area contributed by atoms with Gasteiger partial charge in [0.2, 0.25) is 0 Å². The van der Waals surface area contributed by atoms with Gasteiger partial charge in [-0.05, 0) is 102 Å². The number of nitrogens with zero attached hydrogens (tertiary/aromatic N) is 1. The van der Waals surface area contributed by atoms with Crippen molar-refractivity contribution in [3.05, 3.63) is 24.3 Å². The molecule has 1 saturated heterocycles. The van der Waals surface area contributed by atoms with E-state index in [0.717, 1.165) is 110 Å². The lowest BCUT2D eigenvalue weighted by Crippen LogP contribution is -2.37. The second kappa shape index (κ2) is 44.5. The summed E-state index contributed by atoms with van der Waals surface area (Å²) in [4.78, 5) is 53.2. The highest BCUT2D eigenvalue weighted by molar-refractivity contribution is 5.70. The van der Waals surface area contributed by atoms with Gasteiger partial charge in [-0.15, -0.1) is 0 Å². The normalized spacial score (nSPS) is 15.3. The molecule has 1 heterocycles. The van der Waals surface area contributed by atoms with Gasteiger partial charge in [-0.2, -0.15) is 0 Å². The van der Waals surface area contributed by atoms with Gasteiger partial charge in [0.05, 0.1) is 25.6 Å². The molecule has 12 heteroatoms. The predicted molar refractivity (Wildman–Crippen MR) is 264 cm³/mol. The van der Waals surface area contributed by atoms with Crippen molar-refractivity contribution >= 4 is 24.1 Å². The van der Waals surface area contributed by atoms with Crippen molar-refractivity contribution in [3.63, 3.8) is 0 Å². The third-order valence-corrected chi connectivity index (χ3v) is 12.1. The van der Waals surface area contributed by atoms with Crippen molar-refractivity contribution in [2.75, 3.05) is 65.9 Å². The Kier molecular flexibility index (Phi) is 41.2. The van der Waals surface area contributed by atoms with Gasteiger partial charge in [-0.25, -0.2) is 4.79 Å². The monoisotopic (exact) mass is 936 g/mol. The molecule has 0 saturated carbocycles. The molecule has 66 heavy (non-hydrogen) atoms. The highest BCUT2D eigenvalue weighted by atomic mass is 16.7. The van der Waals surface area contributed by atoms with Crippen LogP contribution in [0.15, 0.2) is 24.3 Å². The third kappa shape index (κ3) is 37.1. The van der Waals surface area contributed by atoms with Crippen LogP contribution in [0.2, 0.25) is 0 Å². The first kappa shape index (κ1) is 61.1. The Labute approximate surface area is 402 Å². The summed E-state index contributed by atoms with van der Waals surface area (Å²) in [7, 11) is 0. The fourth-order valence-corrected chi connectivity index (χ4v) is 7.97. The molecule has 12 nitrogen and oxygen atoms in total. The fraction of sp³-hybridized carbons (Fsp3) is 0.852. The maximum Gasteiger partial charge on any atom is 0.508 e. The molecule has 3 atom stereocenters. The number of piperidine rings is 1. The standard InChI is InChI=1S/C54H97NO11/c1-6-11-15-18-22-27-39-61-53(62-40-28-23-19-16-12-7-2)36-35-52(58)64-45-49(46-66-54(59)65-43-48-32-29-38-55(10-5)42-48)44-63-51(57)34-26-21-20-25-33-50(56)60-41-37-47(30-14-9-4)31-24-17-13-8-3/h11-12,15-16,47-49,53H,6-10,13-14,17-46H2,1-5H3/b15-11-,16-12-. The maximum absolute atomic E-state index is 13.0. The quantitative estimate of drug-likeness (QED) is 0.0189. The molecule has 384 valence electrons. The molecule has 0 aliphatic carbocycles. The summed E-state index contributed by atoms with van der Waals surface area (Å²) < 4.78 is 39.9. The van der Waals surface area contributed by atoms with E-state index in [2.05, 4.69) is 63.8 Å². The molecule has 1 aliphatic heterocycles. The van der Waals surface area contributed by atoms with Gasteiger partial charge in [-0.1, -0.05) is 123 Å². The zero-order valence-corrected chi connectivity index (χ0v) is 42.7. The third-order valence-electron chi connectivity index (χ3n) is 12.1. The number of hydrogen-bond donors (Lipinski definition) is 0. The first-order chi connectivity index (χ1) is 32.2. The Morgan fingerprint density at radius 2 is 1.11 bits per heavy atom. The molecular formula is C54H97NO11. The number of likely N-dealkylation sites (tertiary alicyclic amines) is 1. The minimum atomic E-state index is -0.788. The van der Waals surface area contributed by atoms with E-state index in [-0.39, 0.29) is 57.1 Å². The van der Waals surface area contributed by atoms with Crippen LogP contribution in [0.25, 0.3) is 0 Å². The topological polar surface area (TPSA) is 136 Å². The number of unbranched alkanes of at least 4 members (excludes halogenated alkanes) is 11. The zero-order valence-electron chi connectivity index (χ0n) is 42.7. The summed E-state index contributed by atoms with van der Waals surface area (Å²) in [5.74, 6) is -0.643. The van der Waals surface area contributed by atoms with Crippen LogP contribution >= 0.6 is 0 Å². The highest BCUT2D eigenvalue weighted by Gasteiger charge is 2.23.